The van der Waals surface area contributed by atoms with Gasteiger partial charge in [0.05, 0.1) is 0 Å². The number of thioether (sulfide) groups is 1. The van der Waals surface area contributed by atoms with Crippen molar-refractivity contribution in [2.45, 2.75) is 43.4 Å². The molecule has 1 aliphatic rings. The second kappa shape index (κ2) is 6.23. The van der Waals surface area contributed by atoms with Crippen molar-refractivity contribution in [3.05, 3.63) is 36.0 Å². The van der Waals surface area contributed by atoms with Crippen LogP contribution in [0.3, 0.4) is 0 Å². The molecular weight excluding hydrogens is 264 g/mol. The summed E-state index contributed by atoms with van der Waals surface area (Å²) in [7, 11) is 0. The minimum Gasteiger partial charge on any atom is -0.361 e. The molecule has 0 atom stereocenters. The SMILES string of the molecule is CSC1(CNCc2c[nH]c3ccccc23)CCCCC1. The normalized spacial score (nSPS) is 18.4. The first-order chi connectivity index (χ1) is 9.83. The molecule has 0 bridgehead atoms. The lowest BCUT2D eigenvalue weighted by molar-refractivity contribution is 0.379. The molecule has 0 saturated heterocycles. The summed E-state index contributed by atoms with van der Waals surface area (Å²) < 4.78 is 0.477. The molecule has 3 heteroatoms. The molecule has 1 fully saturated rings. The summed E-state index contributed by atoms with van der Waals surface area (Å²) in [5.41, 5.74) is 2.62. The van der Waals surface area contributed by atoms with Crippen LogP contribution >= 0.6 is 11.8 Å². The number of hydrogen-bond donors (Lipinski definition) is 2. The number of fused-ring (bicyclic) bond motifs is 1. The Hall–Kier alpha value is -0.930. The number of aromatic amines is 1. The lowest BCUT2D eigenvalue weighted by Crippen LogP contribution is -2.39. The van der Waals surface area contributed by atoms with E-state index in [-0.39, 0.29) is 0 Å². The Morgan fingerprint density at radius 1 is 1.20 bits per heavy atom. The topological polar surface area (TPSA) is 27.8 Å². The van der Waals surface area contributed by atoms with Gasteiger partial charge in [0.15, 0.2) is 0 Å². The molecule has 1 saturated carbocycles. The maximum Gasteiger partial charge on any atom is 0.0457 e. The second-order valence-electron chi connectivity index (χ2n) is 5.91. The zero-order chi connectivity index (χ0) is 13.8. The quantitative estimate of drug-likeness (QED) is 0.857. The number of rotatable bonds is 5. The Kier molecular flexibility index (Phi) is 4.37. The Bertz CT molecular complexity index is 555. The zero-order valence-corrected chi connectivity index (χ0v) is 13.1. The molecule has 0 spiro atoms. The van der Waals surface area contributed by atoms with Crippen LogP contribution < -0.4 is 5.32 Å². The van der Waals surface area contributed by atoms with E-state index < -0.39 is 0 Å². The van der Waals surface area contributed by atoms with Gasteiger partial charge in [0, 0.05) is 34.9 Å². The predicted molar refractivity (Wildman–Crippen MR) is 89.3 cm³/mol. The summed E-state index contributed by atoms with van der Waals surface area (Å²) in [5, 5.41) is 5.05. The third-order valence-electron chi connectivity index (χ3n) is 4.64. The lowest BCUT2D eigenvalue weighted by Gasteiger charge is -2.36. The summed E-state index contributed by atoms with van der Waals surface area (Å²) in [6, 6.07) is 8.54. The molecule has 0 unspecified atom stereocenters. The summed E-state index contributed by atoms with van der Waals surface area (Å²) >= 11 is 2.06. The van der Waals surface area contributed by atoms with Crippen molar-refractivity contribution >= 4 is 22.7 Å². The molecule has 2 N–H and O–H groups in total. The first-order valence-electron chi connectivity index (χ1n) is 7.64. The fourth-order valence-corrected chi connectivity index (χ4v) is 4.30. The molecular formula is C17H24N2S. The Labute approximate surface area is 125 Å². The van der Waals surface area contributed by atoms with Gasteiger partial charge in [-0.15, -0.1) is 0 Å². The number of benzene rings is 1. The van der Waals surface area contributed by atoms with Crippen LogP contribution in [0.5, 0.6) is 0 Å². The van der Waals surface area contributed by atoms with Crippen LogP contribution in [0, 0.1) is 0 Å². The summed E-state index contributed by atoms with van der Waals surface area (Å²) in [4.78, 5) is 3.35. The van der Waals surface area contributed by atoms with E-state index in [1.165, 1.54) is 48.6 Å². The van der Waals surface area contributed by atoms with Crippen molar-refractivity contribution in [2.24, 2.45) is 0 Å². The second-order valence-corrected chi connectivity index (χ2v) is 7.19. The first-order valence-corrected chi connectivity index (χ1v) is 8.86. The number of hydrogen-bond acceptors (Lipinski definition) is 2. The molecule has 0 aliphatic heterocycles. The van der Waals surface area contributed by atoms with E-state index in [9.17, 15) is 0 Å². The van der Waals surface area contributed by atoms with Gasteiger partial charge < -0.3 is 10.3 Å². The average molecular weight is 288 g/mol. The lowest BCUT2D eigenvalue weighted by atomic mass is 9.88. The standard InChI is InChI=1S/C17H24N2S/c1-20-17(9-5-2-6-10-17)13-18-11-14-12-19-16-8-4-3-7-15(14)16/h3-4,7-8,12,18-19H,2,5-6,9-11,13H2,1H3. The van der Waals surface area contributed by atoms with Crippen molar-refractivity contribution < 1.29 is 0 Å². The summed E-state index contributed by atoms with van der Waals surface area (Å²) in [6.07, 6.45) is 11.4. The molecule has 1 aromatic heterocycles. The van der Waals surface area contributed by atoms with E-state index in [1.54, 1.807) is 0 Å². The van der Waals surface area contributed by atoms with Crippen LogP contribution in [0.4, 0.5) is 0 Å². The Balaban J connectivity index is 1.62. The van der Waals surface area contributed by atoms with E-state index in [1.807, 2.05) is 0 Å². The van der Waals surface area contributed by atoms with Gasteiger partial charge in [0.1, 0.15) is 0 Å². The van der Waals surface area contributed by atoms with Gasteiger partial charge in [0.25, 0.3) is 0 Å². The molecule has 0 amide bonds. The van der Waals surface area contributed by atoms with E-state index >= 15 is 0 Å². The van der Waals surface area contributed by atoms with Crippen LogP contribution in [-0.2, 0) is 6.54 Å². The highest BCUT2D eigenvalue weighted by Gasteiger charge is 2.30. The van der Waals surface area contributed by atoms with Gasteiger partial charge >= 0.3 is 0 Å². The molecule has 0 radical (unpaired) electrons. The minimum absolute atomic E-state index is 0.477. The van der Waals surface area contributed by atoms with Gasteiger partial charge in [-0.3, -0.25) is 0 Å². The van der Waals surface area contributed by atoms with Gasteiger partial charge in [-0.05, 0) is 30.7 Å². The van der Waals surface area contributed by atoms with Crippen molar-refractivity contribution in [1.29, 1.82) is 0 Å². The molecule has 108 valence electrons. The van der Waals surface area contributed by atoms with Crippen molar-refractivity contribution in [3.63, 3.8) is 0 Å². The van der Waals surface area contributed by atoms with Crippen molar-refractivity contribution in [2.75, 3.05) is 12.8 Å². The Morgan fingerprint density at radius 2 is 2.00 bits per heavy atom. The molecule has 2 aromatic rings. The largest absolute Gasteiger partial charge is 0.361 e. The summed E-state index contributed by atoms with van der Waals surface area (Å²) in [6.45, 7) is 2.10. The molecule has 2 nitrogen and oxygen atoms in total. The van der Waals surface area contributed by atoms with Crippen molar-refractivity contribution in [3.8, 4) is 0 Å². The number of aromatic nitrogens is 1. The third kappa shape index (κ3) is 2.89. The molecule has 1 aliphatic carbocycles. The summed E-state index contributed by atoms with van der Waals surface area (Å²) in [5.74, 6) is 0. The third-order valence-corrected chi connectivity index (χ3v) is 6.05. The van der Waals surface area contributed by atoms with Crippen molar-refractivity contribution in [1.82, 2.24) is 10.3 Å². The fraction of sp³-hybridized carbons (Fsp3) is 0.529. The predicted octanol–water partition coefficient (Wildman–Crippen LogP) is 4.32. The molecule has 1 aromatic carbocycles. The van der Waals surface area contributed by atoms with Crippen LogP contribution in [-0.4, -0.2) is 22.5 Å². The van der Waals surface area contributed by atoms with E-state index in [0.29, 0.717) is 4.75 Å². The van der Waals surface area contributed by atoms with Crippen LogP contribution in [0.1, 0.15) is 37.7 Å². The van der Waals surface area contributed by atoms with Gasteiger partial charge in [-0.1, -0.05) is 37.5 Å². The monoisotopic (exact) mass is 288 g/mol. The maximum absolute atomic E-state index is 3.70. The zero-order valence-electron chi connectivity index (χ0n) is 12.2. The highest BCUT2D eigenvalue weighted by Crippen LogP contribution is 2.38. The van der Waals surface area contributed by atoms with E-state index in [0.717, 1.165) is 13.1 Å². The average Bonchev–Trinajstić information content (AvgIpc) is 2.92. The van der Waals surface area contributed by atoms with Gasteiger partial charge in [-0.25, -0.2) is 0 Å². The minimum atomic E-state index is 0.477. The van der Waals surface area contributed by atoms with E-state index in [4.69, 9.17) is 0 Å². The van der Waals surface area contributed by atoms with Gasteiger partial charge in [-0.2, -0.15) is 11.8 Å². The number of nitrogens with one attached hydrogen (secondary N) is 2. The molecule has 20 heavy (non-hydrogen) atoms. The highest BCUT2D eigenvalue weighted by molar-refractivity contribution is 8.00. The smallest absolute Gasteiger partial charge is 0.0457 e. The number of para-hydroxylation sites is 1. The highest BCUT2D eigenvalue weighted by atomic mass is 32.2. The van der Waals surface area contributed by atoms with Crippen LogP contribution in [0.15, 0.2) is 30.5 Å². The molecule has 1 heterocycles. The van der Waals surface area contributed by atoms with Crippen LogP contribution in [0.2, 0.25) is 0 Å². The Morgan fingerprint density at radius 3 is 2.80 bits per heavy atom. The first kappa shape index (κ1) is 14.0. The van der Waals surface area contributed by atoms with Crippen LogP contribution in [0.25, 0.3) is 10.9 Å². The maximum atomic E-state index is 3.70. The van der Waals surface area contributed by atoms with E-state index in [2.05, 4.69) is 58.8 Å². The number of H-pyrrole nitrogens is 1. The molecule has 3 rings (SSSR count). The van der Waals surface area contributed by atoms with Gasteiger partial charge in [0.2, 0.25) is 0 Å². The fourth-order valence-electron chi connectivity index (χ4n) is 3.35.